The third kappa shape index (κ3) is 4.04. The van der Waals surface area contributed by atoms with E-state index >= 15 is 0 Å². The third-order valence-electron chi connectivity index (χ3n) is 0.0386. The first-order valence-electron chi connectivity index (χ1n) is 0.597. The van der Waals surface area contributed by atoms with Crippen molar-refractivity contribution in [3.8, 4) is 0 Å². The molecule has 0 aliphatic heterocycles. The van der Waals surface area contributed by atoms with Gasteiger partial charge in [0, 0.05) is 0 Å². The normalized spacial score (nSPS) is 7.50. The van der Waals surface area contributed by atoms with Crippen LogP contribution in [0.3, 0.4) is 0 Å². The zero-order valence-corrected chi connectivity index (χ0v) is 9.08. The van der Waals surface area contributed by atoms with Crippen molar-refractivity contribution in [1.29, 1.82) is 0 Å². The van der Waals surface area contributed by atoms with Gasteiger partial charge in [-0.3, -0.25) is 0 Å². The number of halogens is 1. The van der Waals surface area contributed by atoms with Crippen LogP contribution in [0.4, 0.5) is 0 Å². The van der Waals surface area contributed by atoms with E-state index in [1.165, 1.54) is 22.9 Å². The Balaban J connectivity index is 1.97. The van der Waals surface area contributed by atoms with Gasteiger partial charge in [-0.25, -0.2) is 0 Å². The predicted octanol–water partition coefficient (Wildman–Crippen LogP) is 0.0156. The van der Waals surface area contributed by atoms with Crippen LogP contribution in [0.15, 0.2) is 0 Å². The van der Waals surface area contributed by atoms with Crippen LogP contribution >= 0.6 is 12.7 Å². The van der Waals surface area contributed by atoms with E-state index in [0.29, 0.717) is 0 Å². The van der Waals surface area contributed by atoms with Crippen molar-refractivity contribution in [2.75, 3.05) is 0 Å². The summed E-state index contributed by atoms with van der Waals surface area (Å²) in [6.45, 7) is 0. The van der Waals surface area contributed by atoms with Gasteiger partial charge >= 0.3 is 56.4 Å². The SMILES string of the molecule is [Br][Sn][O][Sn]. The molecule has 0 amide bonds. The van der Waals surface area contributed by atoms with E-state index < -0.39 is 19.3 Å². The van der Waals surface area contributed by atoms with Crippen LogP contribution in [-0.2, 0) is 1.41 Å². The van der Waals surface area contributed by atoms with Gasteiger partial charge in [-0.1, -0.05) is 0 Å². The average Bonchev–Trinajstić information content (AvgIpc) is 1.37. The van der Waals surface area contributed by atoms with Gasteiger partial charge in [-0.15, -0.1) is 0 Å². The second-order valence-electron chi connectivity index (χ2n) is 0.179. The van der Waals surface area contributed by atoms with Gasteiger partial charge in [0.15, 0.2) is 0 Å². The topological polar surface area (TPSA) is 9.23 Å². The van der Waals surface area contributed by atoms with E-state index in [0.717, 1.165) is 0 Å². The van der Waals surface area contributed by atoms with E-state index in [-0.39, 0.29) is 0 Å². The van der Waals surface area contributed by atoms with Crippen LogP contribution in [0.2, 0.25) is 0 Å². The molecule has 0 aliphatic carbocycles. The first-order chi connectivity index (χ1) is 1.91. The molecular formula is BrOSn2. The standard InChI is InChI=1S/BrH.O.2Sn/h1H;;;/q;;;+1/p-1. The first kappa shape index (κ1) is 6.04. The molecule has 0 saturated heterocycles. The van der Waals surface area contributed by atoms with Crippen molar-refractivity contribution in [3.63, 3.8) is 0 Å². The molecule has 0 heterocycles. The molecule has 5 radical (unpaired) electrons. The molecule has 0 aromatic rings. The molecule has 21 valence electrons. The van der Waals surface area contributed by atoms with Gasteiger partial charge in [0.05, 0.1) is 0 Å². The Hall–Kier alpha value is 2.04. The molecule has 0 aromatic carbocycles. The summed E-state index contributed by atoms with van der Waals surface area (Å²) in [7, 11) is 0. The van der Waals surface area contributed by atoms with E-state index in [4.69, 9.17) is 1.41 Å². The Morgan fingerprint density at radius 2 is 2.25 bits per heavy atom. The Bertz CT molecular complexity index is 8.00. The molecule has 0 aromatic heterocycles. The zero-order chi connectivity index (χ0) is 3.41. The fraction of sp³-hybridized carbons (Fsp3) is 0. The summed E-state index contributed by atoms with van der Waals surface area (Å²) >= 11 is 3.99. The van der Waals surface area contributed by atoms with Gasteiger partial charge in [-0.2, -0.15) is 0 Å². The number of hydrogen-bond acceptors (Lipinski definition) is 1. The van der Waals surface area contributed by atoms with E-state index in [1.807, 2.05) is 0 Å². The van der Waals surface area contributed by atoms with Crippen LogP contribution in [0.25, 0.3) is 0 Å². The molecule has 0 N–H and O–H groups in total. The molecule has 0 rings (SSSR count). The second kappa shape index (κ2) is 5.04. The van der Waals surface area contributed by atoms with Gasteiger partial charge in [0.1, 0.15) is 0 Å². The van der Waals surface area contributed by atoms with Gasteiger partial charge in [0.25, 0.3) is 0 Å². The molecule has 4 heteroatoms. The van der Waals surface area contributed by atoms with Crippen LogP contribution in [0.5, 0.6) is 0 Å². The maximum atomic E-state index is 4.72. The van der Waals surface area contributed by atoms with E-state index in [9.17, 15) is 0 Å². The van der Waals surface area contributed by atoms with Crippen molar-refractivity contribution < 1.29 is 1.41 Å². The monoisotopic (exact) mass is 335 g/mol. The quantitative estimate of drug-likeness (QED) is 0.615. The van der Waals surface area contributed by atoms with Crippen molar-refractivity contribution in [3.05, 3.63) is 0 Å². The van der Waals surface area contributed by atoms with Crippen molar-refractivity contribution >= 4 is 55.0 Å². The Kier molecular flexibility index (Phi) is 7.60. The van der Waals surface area contributed by atoms with Crippen LogP contribution < -0.4 is 0 Å². The summed E-state index contributed by atoms with van der Waals surface area (Å²) < 4.78 is 4.72. The molecule has 0 fully saturated rings. The van der Waals surface area contributed by atoms with Crippen molar-refractivity contribution in [2.45, 2.75) is 0 Å². The van der Waals surface area contributed by atoms with E-state index in [2.05, 4.69) is 12.7 Å². The predicted molar refractivity (Wildman–Crippen MR) is 21.5 cm³/mol. The molecule has 0 atom stereocenters. The van der Waals surface area contributed by atoms with Gasteiger partial charge in [-0.05, 0) is 0 Å². The van der Waals surface area contributed by atoms with E-state index in [1.54, 1.807) is 0 Å². The maximum absolute atomic E-state index is 4.72. The molecule has 0 unspecified atom stereocenters. The zero-order valence-electron chi connectivity index (χ0n) is 1.79. The van der Waals surface area contributed by atoms with Crippen LogP contribution in [-0.4, -0.2) is 42.3 Å². The summed E-state index contributed by atoms with van der Waals surface area (Å²) in [5.74, 6) is 0. The number of rotatable bonds is 1. The fourth-order valence-electron chi connectivity index (χ4n) is 0. The summed E-state index contributed by atoms with van der Waals surface area (Å²) in [5, 5.41) is 0. The van der Waals surface area contributed by atoms with Crippen molar-refractivity contribution in [1.82, 2.24) is 0 Å². The summed E-state index contributed by atoms with van der Waals surface area (Å²) in [6.07, 6.45) is 0. The van der Waals surface area contributed by atoms with Gasteiger partial charge in [0.2, 0.25) is 0 Å². The average molecular weight is 333 g/mol. The Morgan fingerprint density at radius 1 is 2.00 bits per heavy atom. The van der Waals surface area contributed by atoms with Crippen LogP contribution in [0, 0.1) is 0 Å². The van der Waals surface area contributed by atoms with Crippen molar-refractivity contribution in [2.24, 2.45) is 0 Å². The first-order valence-corrected chi connectivity index (χ1v) is 9.33. The summed E-state index contributed by atoms with van der Waals surface area (Å²) in [5.41, 5.74) is 0. The minimum absolute atomic E-state index is 0.424. The molecule has 4 heavy (non-hydrogen) atoms. The molecule has 0 bridgehead atoms. The summed E-state index contributed by atoms with van der Waals surface area (Å²) in [6, 6.07) is 0. The molecule has 1 nitrogen and oxygen atoms in total. The van der Waals surface area contributed by atoms with Gasteiger partial charge < -0.3 is 0 Å². The molecule has 0 aliphatic rings. The summed E-state index contributed by atoms with van der Waals surface area (Å²) in [4.78, 5) is 0. The Morgan fingerprint density at radius 3 is 2.25 bits per heavy atom. The third-order valence-corrected chi connectivity index (χ3v) is 9.02. The number of hydrogen-bond donors (Lipinski definition) is 0. The minimum atomic E-state index is -0.424. The molecule has 0 saturated carbocycles. The molecule has 0 spiro atoms. The Labute approximate surface area is 55.6 Å². The second-order valence-corrected chi connectivity index (χ2v) is 7.28. The fourth-order valence-corrected chi connectivity index (χ4v) is 0. The molecular weight excluding hydrogens is 333 g/mol. The van der Waals surface area contributed by atoms with Crippen LogP contribution in [0.1, 0.15) is 0 Å².